The number of hydrogen-bond donors (Lipinski definition) is 1. The third-order valence-corrected chi connectivity index (χ3v) is 2.93. The highest BCUT2D eigenvalue weighted by Gasteiger charge is 2.22. The van der Waals surface area contributed by atoms with Crippen LogP contribution in [0.5, 0.6) is 0 Å². The monoisotopic (exact) mass is 234 g/mol. The molecule has 0 spiro atoms. The Kier molecular flexibility index (Phi) is 3.37. The highest BCUT2D eigenvalue weighted by Crippen LogP contribution is 2.15. The van der Waals surface area contributed by atoms with Crippen LogP contribution in [0.15, 0.2) is 18.5 Å². The zero-order valence-electron chi connectivity index (χ0n) is 9.43. The topological polar surface area (TPSA) is 70.5 Å². The number of amides is 1. The molecule has 0 radical (unpaired) electrons. The van der Waals surface area contributed by atoms with Crippen LogP contribution in [-0.4, -0.2) is 40.0 Å². The predicted molar refractivity (Wildman–Crippen MR) is 61.0 cm³/mol. The van der Waals surface area contributed by atoms with Crippen LogP contribution in [0.1, 0.15) is 40.0 Å². The maximum Gasteiger partial charge on any atom is 0.336 e. The zero-order valence-corrected chi connectivity index (χ0v) is 9.43. The van der Waals surface area contributed by atoms with E-state index in [0.717, 1.165) is 19.3 Å². The van der Waals surface area contributed by atoms with Crippen molar-refractivity contribution in [3.05, 3.63) is 29.6 Å². The molecule has 0 unspecified atom stereocenters. The molecule has 17 heavy (non-hydrogen) atoms. The molecule has 0 aliphatic carbocycles. The van der Waals surface area contributed by atoms with Crippen LogP contribution in [0.25, 0.3) is 0 Å². The fourth-order valence-electron chi connectivity index (χ4n) is 2.02. The summed E-state index contributed by atoms with van der Waals surface area (Å²) in [5.74, 6) is -1.32. The van der Waals surface area contributed by atoms with E-state index in [9.17, 15) is 9.59 Å². The van der Waals surface area contributed by atoms with Crippen LogP contribution in [0.3, 0.4) is 0 Å². The number of carboxylic acid groups (broad SMARTS) is 1. The van der Waals surface area contributed by atoms with Gasteiger partial charge in [-0.3, -0.25) is 9.78 Å². The molecule has 1 aliphatic rings. The first-order valence-electron chi connectivity index (χ1n) is 5.66. The van der Waals surface area contributed by atoms with Gasteiger partial charge in [0.2, 0.25) is 0 Å². The summed E-state index contributed by atoms with van der Waals surface area (Å²) < 4.78 is 0. The van der Waals surface area contributed by atoms with Crippen LogP contribution in [-0.2, 0) is 0 Å². The second kappa shape index (κ2) is 4.95. The molecule has 2 heterocycles. The number of carbonyl (C=O) groups excluding carboxylic acids is 1. The van der Waals surface area contributed by atoms with Gasteiger partial charge in [-0.1, -0.05) is 0 Å². The van der Waals surface area contributed by atoms with Crippen molar-refractivity contribution in [1.29, 1.82) is 0 Å². The quantitative estimate of drug-likeness (QED) is 0.839. The molecular formula is C12H14N2O3. The number of hydrogen-bond acceptors (Lipinski definition) is 3. The first kappa shape index (κ1) is 11.6. The summed E-state index contributed by atoms with van der Waals surface area (Å²) in [5, 5.41) is 9.01. The van der Waals surface area contributed by atoms with Crippen LogP contribution >= 0.6 is 0 Å². The highest BCUT2D eigenvalue weighted by molar-refractivity contribution is 6.04. The molecule has 1 aliphatic heterocycles. The fraction of sp³-hybridized carbons (Fsp3) is 0.417. The van der Waals surface area contributed by atoms with Crippen molar-refractivity contribution in [2.24, 2.45) is 0 Å². The Bertz CT molecular complexity index is 439. The zero-order chi connectivity index (χ0) is 12.3. The van der Waals surface area contributed by atoms with Gasteiger partial charge in [0.05, 0.1) is 11.1 Å². The number of likely N-dealkylation sites (tertiary alicyclic amines) is 1. The number of carbonyl (C=O) groups is 2. The SMILES string of the molecule is O=C(O)c1ccncc1C(=O)N1CCCCC1. The summed E-state index contributed by atoms with van der Waals surface area (Å²) in [6, 6.07) is 1.36. The number of nitrogens with zero attached hydrogens (tertiary/aromatic N) is 2. The number of aromatic carboxylic acids is 1. The lowest BCUT2D eigenvalue weighted by molar-refractivity contribution is 0.0665. The molecule has 0 aromatic carbocycles. The van der Waals surface area contributed by atoms with E-state index in [-0.39, 0.29) is 17.0 Å². The molecule has 90 valence electrons. The van der Waals surface area contributed by atoms with E-state index in [1.54, 1.807) is 4.90 Å². The van der Waals surface area contributed by atoms with Crippen molar-refractivity contribution >= 4 is 11.9 Å². The van der Waals surface area contributed by atoms with E-state index in [1.807, 2.05) is 0 Å². The van der Waals surface area contributed by atoms with Crippen molar-refractivity contribution in [3.63, 3.8) is 0 Å². The molecule has 0 bridgehead atoms. The Morgan fingerprint density at radius 3 is 2.53 bits per heavy atom. The standard InChI is InChI=1S/C12H14N2O3/c15-11(14-6-2-1-3-7-14)10-8-13-5-4-9(10)12(16)17/h4-5,8H,1-3,6-7H2,(H,16,17). The van der Waals surface area contributed by atoms with Crippen LogP contribution < -0.4 is 0 Å². The second-order valence-corrected chi connectivity index (χ2v) is 4.08. The maximum atomic E-state index is 12.1. The predicted octanol–water partition coefficient (Wildman–Crippen LogP) is 1.41. The minimum absolute atomic E-state index is 0.0237. The molecule has 1 aromatic rings. The van der Waals surface area contributed by atoms with E-state index in [4.69, 9.17) is 5.11 Å². The lowest BCUT2D eigenvalue weighted by Gasteiger charge is -2.26. The van der Waals surface area contributed by atoms with Crippen molar-refractivity contribution in [2.45, 2.75) is 19.3 Å². The van der Waals surface area contributed by atoms with Gasteiger partial charge >= 0.3 is 5.97 Å². The number of aromatic nitrogens is 1. The fourth-order valence-corrected chi connectivity index (χ4v) is 2.02. The molecule has 1 aromatic heterocycles. The van der Waals surface area contributed by atoms with E-state index in [1.165, 1.54) is 18.5 Å². The molecule has 1 amide bonds. The summed E-state index contributed by atoms with van der Waals surface area (Å²) in [6.45, 7) is 1.40. The Morgan fingerprint density at radius 1 is 1.18 bits per heavy atom. The van der Waals surface area contributed by atoms with Gasteiger partial charge in [-0.15, -0.1) is 0 Å². The average molecular weight is 234 g/mol. The molecular weight excluding hydrogens is 220 g/mol. The van der Waals surface area contributed by atoms with E-state index < -0.39 is 5.97 Å². The minimum Gasteiger partial charge on any atom is -0.478 e. The van der Waals surface area contributed by atoms with Crippen molar-refractivity contribution in [3.8, 4) is 0 Å². The normalized spacial score (nSPS) is 15.6. The molecule has 2 rings (SSSR count). The van der Waals surface area contributed by atoms with Crippen molar-refractivity contribution in [2.75, 3.05) is 13.1 Å². The molecule has 1 saturated heterocycles. The van der Waals surface area contributed by atoms with Gasteiger partial charge in [0, 0.05) is 25.5 Å². The summed E-state index contributed by atoms with van der Waals surface area (Å²) in [5.41, 5.74) is 0.206. The van der Waals surface area contributed by atoms with Gasteiger partial charge < -0.3 is 10.0 Å². The minimum atomic E-state index is -1.09. The third kappa shape index (κ3) is 2.43. The Labute approximate surface area is 99.1 Å². The summed E-state index contributed by atoms with van der Waals surface area (Å²) in [7, 11) is 0. The largest absolute Gasteiger partial charge is 0.478 e. The van der Waals surface area contributed by atoms with Crippen LogP contribution in [0.2, 0.25) is 0 Å². The van der Waals surface area contributed by atoms with Crippen LogP contribution in [0.4, 0.5) is 0 Å². The van der Waals surface area contributed by atoms with Gasteiger partial charge in [0.25, 0.3) is 5.91 Å². The van der Waals surface area contributed by atoms with Gasteiger partial charge in [0.15, 0.2) is 0 Å². The Balaban J connectivity index is 2.26. The molecule has 1 fully saturated rings. The van der Waals surface area contributed by atoms with Gasteiger partial charge in [-0.2, -0.15) is 0 Å². The molecule has 5 heteroatoms. The van der Waals surface area contributed by atoms with E-state index >= 15 is 0 Å². The molecule has 0 saturated carbocycles. The lowest BCUT2D eigenvalue weighted by Crippen LogP contribution is -2.36. The van der Waals surface area contributed by atoms with Crippen LogP contribution in [0, 0.1) is 0 Å². The third-order valence-electron chi connectivity index (χ3n) is 2.93. The Hall–Kier alpha value is -1.91. The summed E-state index contributed by atoms with van der Waals surface area (Å²) >= 11 is 0. The number of piperidine rings is 1. The molecule has 5 nitrogen and oxygen atoms in total. The lowest BCUT2D eigenvalue weighted by atomic mass is 10.1. The molecule has 0 atom stereocenters. The van der Waals surface area contributed by atoms with Gasteiger partial charge in [-0.25, -0.2) is 4.79 Å². The maximum absolute atomic E-state index is 12.1. The highest BCUT2D eigenvalue weighted by atomic mass is 16.4. The number of carboxylic acids is 1. The number of rotatable bonds is 2. The first-order valence-corrected chi connectivity index (χ1v) is 5.66. The summed E-state index contributed by atoms with van der Waals surface area (Å²) in [6.07, 6.45) is 5.81. The second-order valence-electron chi connectivity index (χ2n) is 4.08. The van der Waals surface area contributed by atoms with Crippen molar-refractivity contribution < 1.29 is 14.7 Å². The smallest absolute Gasteiger partial charge is 0.336 e. The van der Waals surface area contributed by atoms with Gasteiger partial charge in [0.1, 0.15) is 0 Å². The van der Waals surface area contributed by atoms with E-state index in [0.29, 0.717) is 13.1 Å². The van der Waals surface area contributed by atoms with E-state index in [2.05, 4.69) is 4.98 Å². The Morgan fingerprint density at radius 2 is 1.88 bits per heavy atom. The average Bonchev–Trinajstić information content (AvgIpc) is 2.39. The number of pyridine rings is 1. The van der Waals surface area contributed by atoms with Gasteiger partial charge in [-0.05, 0) is 25.3 Å². The molecule has 1 N–H and O–H groups in total. The summed E-state index contributed by atoms with van der Waals surface area (Å²) in [4.78, 5) is 28.7. The van der Waals surface area contributed by atoms with Crippen molar-refractivity contribution in [1.82, 2.24) is 9.88 Å². The first-order chi connectivity index (χ1) is 8.20.